The molecule has 0 bridgehead atoms. The Balaban J connectivity index is 2.34. The standard InChI is InChI=1S/C15H22O5/c1-3-5-9-12-15(18,14(17)19-4-2)13-10(16)7-6-8-11(13)20-12/h12,18H,3-9H2,1-2H3/t12-,15+/m0/s1. The number of unbranched alkanes of at least 4 members (excludes halogenated alkanes) is 1. The van der Waals surface area contributed by atoms with Crippen molar-refractivity contribution in [2.75, 3.05) is 6.61 Å². The van der Waals surface area contributed by atoms with Gasteiger partial charge in [-0.15, -0.1) is 0 Å². The zero-order chi connectivity index (χ0) is 14.8. The van der Waals surface area contributed by atoms with E-state index in [1.165, 1.54) is 0 Å². The van der Waals surface area contributed by atoms with Crippen molar-refractivity contribution in [3.63, 3.8) is 0 Å². The summed E-state index contributed by atoms with van der Waals surface area (Å²) in [6, 6.07) is 0. The van der Waals surface area contributed by atoms with Crippen molar-refractivity contribution in [1.82, 2.24) is 0 Å². The van der Waals surface area contributed by atoms with Crippen LogP contribution in [0.3, 0.4) is 0 Å². The molecule has 1 heterocycles. The first-order valence-electron chi connectivity index (χ1n) is 7.38. The van der Waals surface area contributed by atoms with E-state index >= 15 is 0 Å². The lowest BCUT2D eigenvalue weighted by atomic mass is 9.81. The number of Topliss-reactive ketones (excluding diaryl/α,β-unsaturated/α-hetero) is 1. The van der Waals surface area contributed by atoms with Crippen LogP contribution in [-0.2, 0) is 19.1 Å². The van der Waals surface area contributed by atoms with Crippen LogP contribution in [0.25, 0.3) is 0 Å². The van der Waals surface area contributed by atoms with Crippen molar-refractivity contribution in [2.24, 2.45) is 0 Å². The quantitative estimate of drug-likeness (QED) is 0.779. The van der Waals surface area contributed by atoms with E-state index < -0.39 is 17.7 Å². The lowest BCUT2D eigenvalue weighted by molar-refractivity contribution is -0.169. The van der Waals surface area contributed by atoms with Crippen LogP contribution in [0.4, 0.5) is 0 Å². The second kappa shape index (κ2) is 5.95. The molecule has 5 nitrogen and oxygen atoms in total. The van der Waals surface area contributed by atoms with E-state index in [4.69, 9.17) is 9.47 Å². The van der Waals surface area contributed by atoms with Crippen LogP contribution >= 0.6 is 0 Å². The third kappa shape index (κ3) is 2.35. The van der Waals surface area contributed by atoms with Gasteiger partial charge in [0.2, 0.25) is 5.60 Å². The second-order valence-corrected chi connectivity index (χ2v) is 5.31. The molecule has 1 N–H and O–H groups in total. The summed E-state index contributed by atoms with van der Waals surface area (Å²) < 4.78 is 10.7. The Morgan fingerprint density at radius 3 is 2.85 bits per heavy atom. The van der Waals surface area contributed by atoms with Gasteiger partial charge in [-0.25, -0.2) is 4.79 Å². The minimum atomic E-state index is -1.92. The monoisotopic (exact) mass is 282 g/mol. The predicted molar refractivity (Wildman–Crippen MR) is 71.9 cm³/mol. The van der Waals surface area contributed by atoms with Gasteiger partial charge in [-0.3, -0.25) is 4.79 Å². The summed E-state index contributed by atoms with van der Waals surface area (Å²) in [5.41, 5.74) is -1.78. The normalized spacial score (nSPS) is 29.1. The van der Waals surface area contributed by atoms with Gasteiger partial charge in [-0.05, 0) is 26.2 Å². The Bertz CT molecular complexity index is 440. The SMILES string of the molecule is CCCC[C@@H]1OC2=C(C(=O)CCC2)[C@@]1(O)C(=O)OCC. The molecule has 2 rings (SSSR count). The fourth-order valence-electron chi connectivity index (χ4n) is 2.91. The molecular formula is C15H22O5. The number of ether oxygens (including phenoxy) is 2. The summed E-state index contributed by atoms with van der Waals surface area (Å²) in [6.45, 7) is 3.87. The van der Waals surface area contributed by atoms with Crippen molar-refractivity contribution in [1.29, 1.82) is 0 Å². The minimum Gasteiger partial charge on any atom is -0.490 e. The van der Waals surface area contributed by atoms with E-state index in [1.807, 2.05) is 6.92 Å². The van der Waals surface area contributed by atoms with E-state index in [0.717, 1.165) is 12.8 Å². The molecule has 0 aromatic heterocycles. The van der Waals surface area contributed by atoms with Gasteiger partial charge < -0.3 is 14.6 Å². The Labute approximate surface area is 118 Å². The summed E-state index contributed by atoms with van der Waals surface area (Å²) in [6.07, 6.45) is 3.24. The number of esters is 1. The van der Waals surface area contributed by atoms with Crippen LogP contribution < -0.4 is 0 Å². The predicted octanol–water partition coefficient (Wildman–Crippen LogP) is 1.88. The van der Waals surface area contributed by atoms with Crippen molar-refractivity contribution in [3.05, 3.63) is 11.3 Å². The Hall–Kier alpha value is -1.36. The molecule has 0 saturated carbocycles. The number of carbonyl (C=O) groups is 2. The van der Waals surface area contributed by atoms with Gasteiger partial charge >= 0.3 is 5.97 Å². The fourth-order valence-corrected chi connectivity index (χ4v) is 2.91. The van der Waals surface area contributed by atoms with Gasteiger partial charge in [0.05, 0.1) is 12.2 Å². The summed E-state index contributed by atoms with van der Waals surface area (Å²) in [5, 5.41) is 10.9. The molecule has 112 valence electrons. The van der Waals surface area contributed by atoms with Crippen molar-refractivity contribution < 1.29 is 24.2 Å². The molecule has 1 aliphatic carbocycles. The van der Waals surface area contributed by atoms with Gasteiger partial charge in [0.1, 0.15) is 11.9 Å². The molecule has 2 aliphatic rings. The maximum atomic E-state index is 12.2. The van der Waals surface area contributed by atoms with Crippen LogP contribution in [0.1, 0.15) is 52.4 Å². The summed E-state index contributed by atoms with van der Waals surface area (Å²) in [7, 11) is 0. The molecule has 5 heteroatoms. The number of rotatable bonds is 5. The highest BCUT2D eigenvalue weighted by atomic mass is 16.6. The zero-order valence-electron chi connectivity index (χ0n) is 12.1. The van der Waals surface area contributed by atoms with Crippen LogP contribution in [0.2, 0.25) is 0 Å². The number of hydrogen-bond donors (Lipinski definition) is 1. The van der Waals surface area contributed by atoms with Gasteiger partial charge in [-0.2, -0.15) is 0 Å². The summed E-state index contributed by atoms with van der Waals surface area (Å²) in [5.74, 6) is -0.472. The van der Waals surface area contributed by atoms with Gasteiger partial charge in [-0.1, -0.05) is 13.3 Å². The smallest absolute Gasteiger partial charge is 0.347 e. The average Bonchev–Trinajstić information content (AvgIpc) is 2.72. The van der Waals surface area contributed by atoms with Gasteiger partial charge in [0.25, 0.3) is 0 Å². The first kappa shape index (κ1) is 15.0. The molecule has 0 fully saturated rings. The van der Waals surface area contributed by atoms with Crippen LogP contribution in [0.5, 0.6) is 0 Å². The highest BCUT2D eigenvalue weighted by Gasteiger charge is 2.58. The second-order valence-electron chi connectivity index (χ2n) is 5.31. The molecule has 1 aliphatic heterocycles. The molecule has 0 saturated heterocycles. The molecule has 0 amide bonds. The topological polar surface area (TPSA) is 72.8 Å². The molecule has 2 atom stereocenters. The van der Waals surface area contributed by atoms with E-state index in [0.29, 0.717) is 31.4 Å². The Morgan fingerprint density at radius 1 is 1.45 bits per heavy atom. The molecular weight excluding hydrogens is 260 g/mol. The van der Waals surface area contributed by atoms with E-state index in [9.17, 15) is 14.7 Å². The number of aliphatic hydroxyl groups is 1. The maximum absolute atomic E-state index is 12.2. The van der Waals surface area contributed by atoms with Gasteiger partial charge in [0.15, 0.2) is 5.78 Å². The van der Waals surface area contributed by atoms with Crippen molar-refractivity contribution in [3.8, 4) is 0 Å². The molecule has 0 aromatic carbocycles. The average molecular weight is 282 g/mol. The van der Waals surface area contributed by atoms with Crippen LogP contribution in [-0.4, -0.2) is 35.2 Å². The number of carbonyl (C=O) groups excluding carboxylic acids is 2. The lowest BCUT2D eigenvalue weighted by Gasteiger charge is -2.28. The van der Waals surface area contributed by atoms with E-state index in [-0.39, 0.29) is 18.0 Å². The molecule has 0 unspecified atom stereocenters. The molecule has 0 radical (unpaired) electrons. The van der Waals surface area contributed by atoms with Crippen LogP contribution in [0, 0.1) is 0 Å². The number of allylic oxidation sites excluding steroid dienone is 1. The third-order valence-electron chi connectivity index (χ3n) is 3.90. The third-order valence-corrected chi connectivity index (χ3v) is 3.90. The largest absolute Gasteiger partial charge is 0.490 e. The highest BCUT2D eigenvalue weighted by molar-refractivity contribution is 6.06. The van der Waals surface area contributed by atoms with E-state index in [2.05, 4.69) is 0 Å². The molecule has 0 spiro atoms. The number of hydrogen-bond acceptors (Lipinski definition) is 5. The first-order valence-corrected chi connectivity index (χ1v) is 7.38. The Morgan fingerprint density at radius 2 is 2.20 bits per heavy atom. The van der Waals surface area contributed by atoms with Crippen LogP contribution in [0.15, 0.2) is 11.3 Å². The summed E-state index contributed by atoms with van der Waals surface area (Å²) >= 11 is 0. The van der Waals surface area contributed by atoms with Crippen molar-refractivity contribution >= 4 is 11.8 Å². The highest BCUT2D eigenvalue weighted by Crippen LogP contribution is 2.43. The zero-order valence-corrected chi connectivity index (χ0v) is 12.1. The molecule has 0 aromatic rings. The lowest BCUT2D eigenvalue weighted by Crippen LogP contribution is -2.51. The van der Waals surface area contributed by atoms with E-state index in [1.54, 1.807) is 6.92 Å². The maximum Gasteiger partial charge on any atom is 0.347 e. The Kier molecular flexibility index (Phi) is 4.48. The van der Waals surface area contributed by atoms with Crippen molar-refractivity contribution in [2.45, 2.75) is 64.1 Å². The minimum absolute atomic E-state index is 0.142. The fraction of sp³-hybridized carbons (Fsp3) is 0.733. The number of ketones is 1. The summed E-state index contributed by atoms with van der Waals surface area (Å²) in [4.78, 5) is 24.3. The molecule has 20 heavy (non-hydrogen) atoms. The van der Waals surface area contributed by atoms with Gasteiger partial charge in [0, 0.05) is 12.8 Å². The first-order chi connectivity index (χ1) is 9.55.